The predicted molar refractivity (Wildman–Crippen MR) is 89.0 cm³/mol. The highest BCUT2D eigenvalue weighted by atomic mass is 19.4. The lowest BCUT2D eigenvalue weighted by atomic mass is 10.2. The summed E-state index contributed by atoms with van der Waals surface area (Å²) in [5, 5.41) is 10.4. The van der Waals surface area contributed by atoms with Gasteiger partial charge in [-0.1, -0.05) is 5.10 Å². The molecule has 2 N–H and O–H groups in total. The van der Waals surface area contributed by atoms with Crippen molar-refractivity contribution in [2.24, 2.45) is 0 Å². The van der Waals surface area contributed by atoms with Crippen molar-refractivity contribution in [2.75, 3.05) is 5.32 Å². The lowest BCUT2D eigenvalue weighted by Crippen LogP contribution is -2.16. The maximum Gasteiger partial charge on any atom is 0.573 e. The summed E-state index contributed by atoms with van der Waals surface area (Å²) in [6.45, 7) is 0. The fourth-order valence-electron chi connectivity index (χ4n) is 2.39. The Morgan fingerprint density at radius 1 is 1.14 bits per heavy atom. The zero-order valence-electron chi connectivity index (χ0n) is 13.7. The van der Waals surface area contributed by atoms with Crippen LogP contribution in [0.5, 0.6) is 5.75 Å². The van der Waals surface area contributed by atoms with Gasteiger partial charge in [0.2, 0.25) is 11.8 Å². The molecule has 0 radical (unpaired) electrons. The van der Waals surface area contributed by atoms with Gasteiger partial charge in [-0.15, -0.1) is 18.3 Å². The molecule has 0 amide bonds. The van der Waals surface area contributed by atoms with Gasteiger partial charge in [0.1, 0.15) is 17.0 Å². The van der Waals surface area contributed by atoms with Crippen molar-refractivity contribution in [2.45, 2.75) is 6.36 Å². The molecule has 9 nitrogen and oxygen atoms in total. The second-order valence-corrected chi connectivity index (χ2v) is 5.41. The quantitative estimate of drug-likeness (QED) is 0.497. The van der Waals surface area contributed by atoms with Gasteiger partial charge in [-0.25, -0.2) is 4.98 Å². The van der Waals surface area contributed by atoms with E-state index in [2.05, 4.69) is 35.2 Å². The molecule has 1 aromatic carbocycles. The first-order valence-electron chi connectivity index (χ1n) is 7.68. The van der Waals surface area contributed by atoms with Crippen LogP contribution in [-0.2, 0) is 0 Å². The molecule has 0 unspecified atom stereocenters. The molecule has 0 aliphatic carbocycles. The molecule has 28 heavy (non-hydrogen) atoms. The third kappa shape index (κ3) is 3.60. The van der Waals surface area contributed by atoms with E-state index in [1.807, 2.05) is 0 Å². The zero-order valence-corrected chi connectivity index (χ0v) is 13.7. The lowest BCUT2D eigenvalue weighted by Gasteiger charge is -2.08. The molecule has 3 aromatic heterocycles. The summed E-state index contributed by atoms with van der Waals surface area (Å²) < 4.78 is 45.8. The number of imidazole rings is 1. The third-order valence-electron chi connectivity index (χ3n) is 3.53. The normalized spacial score (nSPS) is 11.5. The number of carbonyl (C=O) groups is 1. The number of rotatable bonds is 5. The van der Waals surface area contributed by atoms with E-state index in [0.717, 1.165) is 12.1 Å². The zero-order chi connectivity index (χ0) is 19.7. The first-order chi connectivity index (χ1) is 13.4. The molecular formula is C16H9F3N6O3. The van der Waals surface area contributed by atoms with Crippen molar-refractivity contribution in [1.82, 2.24) is 25.1 Å². The van der Waals surface area contributed by atoms with Crippen LogP contribution in [0.15, 0.2) is 40.9 Å². The third-order valence-corrected chi connectivity index (χ3v) is 3.53. The maximum atomic E-state index is 12.2. The van der Waals surface area contributed by atoms with Gasteiger partial charge in [0.15, 0.2) is 6.29 Å². The minimum atomic E-state index is -4.77. The van der Waals surface area contributed by atoms with Gasteiger partial charge in [-0.05, 0) is 30.3 Å². The van der Waals surface area contributed by atoms with E-state index >= 15 is 0 Å². The molecule has 0 bridgehead atoms. The standard InChI is InChI=1S/C16H9F3N6O3/c17-16(18,19)28-9-3-1-8(2-4-9)13-24-25-15(27-13)23-14-21-10-5-6-20-11(7-26)12(10)22-14/h1-7H,(H2,21,22,23,25). The number of halogens is 3. The molecule has 0 saturated carbocycles. The summed E-state index contributed by atoms with van der Waals surface area (Å²) in [6, 6.07) is 6.60. The number of hydrogen-bond acceptors (Lipinski definition) is 8. The molecule has 4 rings (SSSR count). The summed E-state index contributed by atoms with van der Waals surface area (Å²) in [5.74, 6) is -0.0429. The number of aromatic nitrogens is 5. The van der Waals surface area contributed by atoms with E-state index in [1.54, 1.807) is 6.07 Å². The SMILES string of the molecule is O=Cc1nccc2[nH]c(Nc3nnc(-c4ccc(OC(F)(F)F)cc4)o3)nc12. The molecule has 142 valence electrons. The summed E-state index contributed by atoms with van der Waals surface area (Å²) in [5.41, 5.74) is 1.53. The number of anilines is 2. The van der Waals surface area contributed by atoms with Gasteiger partial charge in [-0.3, -0.25) is 15.1 Å². The minimum Gasteiger partial charge on any atom is -0.406 e. The van der Waals surface area contributed by atoms with Crippen LogP contribution < -0.4 is 10.1 Å². The molecule has 12 heteroatoms. The number of ether oxygens (including phenoxy) is 1. The van der Waals surface area contributed by atoms with Gasteiger partial charge in [-0.2, -0.15) is 0 Å². The molecule has 4 aromatic rings. The van der Waals surface area contributed by atoms with E-state index < -0.39 is 6.36 Å². The van der Waals surface area contributed by atoms with Crippen LogP contribution in [0.3, 0.4) is 0 Å². The molecular weight excluding hydrogens is 381 g/mol. The van der Waals surface area contributed by atoms with Crippen LogP contribution in [0, 0.1) is 0 Å². The van der Waals surface area contributed by atoms with Crippen molar-refractivity contribution in [3.8, 4) is 17.2 Å². The topological polar surface area (TPSA) is 119 Å². The van der Waals surface area contributed by atoms with Crippen LogP contribution in [0.1, 0.15) is 10.5 Å². The van der Waals surface area contributed by atoms with Crippen molar-refractivity contribution < 1.29 is 27.1 Å². The maximum absolute atomic E-state index is 12.2. The number of alkyl halides is 3. The van der Waals surface area contributed by atoms with Crippen LogP contribution in [0.25, 0.3) is 22.5 Å². The van der Waals surface area contributed by atoms with Crippen molar-refractivity contribution in [3.05, 3.63) is 42.2 Å². The Morgan fingerprint density at radius 2 is 1.93 bits per heavy atom. The van der Waals surface area contributed by atoms with Crippen LogP contribution >= 0.6 is 0 Å². The largest absolute Gasteiger partial charge is 0.573 e. The average molecular weight is 390 g/mol. The van der Waals surface area contributed by atoms with Gasteiger partial charge in [0, 0.05) is 11.8 Å². The Bertz CT molecular complexity index is 1140. The molecule has 0 atom stereocenters. The number of carbonyl (C=O) groups excluding carboxylic acids is 1. The van der Waals surface area contributed by atoms with Crippen molar-refractivity contribution in [1.29, 1.82) is 0 Å². The molecule has 0 aliphatic rings. The van der Waals surface area contributed by atoms with E-state index in [9.17, 15) is 18.0 Å². The molecule has 0 fully saturated rings. The fraction of sp³-hybridized carbons (Fsp3) is 0.0625. The van der Waals surface area contributed by atoms with E-state index in [4.69, 9.17) is 4.42 Å². The van der Waals surface area contributed by atoms with Gasteiger partial charge >= 0.3 is 12.4 Å². The Labute approximate surface area is 153 Å². The number of aromatic amines is 1. The number of benzene rings is 1. The van der Waals surface area contributed by atoms with Crippen molar-refractivity contribution >= 4 is 29.3 Å². The number of hydrogen-bond donors (Lipinski definition) is 2. The average Bonchev–Trinajstić information content (AvgIpc) is 3.27. The van der Waals surface area contributed by atoms with Crippen LogP contribution in [-0.4, -0.2) is 37.8 Å². The lowest BCUT2D eigenvalue weighted by molar-refractivity contribution is -0.274. The smallest absolute Gasteiger partial charge is 0.406 e. The monoisotopic (exact) mass is 390 g/mol. The van der Waals surface area contributed by atoms with Gasteiger partial charge < -0.3 is 14.1 Å². The highest BCUT2D eigenvalue weighted by Crippen LogP contribution is 2.27. The summed E-state index contributed by atoms with van der Waals surface area (Å²) in [6.07, 6.45) is -2.72. The first kappa shape index (κ1) is 17.5. The summed E-state index contributed by atoms with van der Waals surface area (Å²) >= 11 is 0. The van der Waals surface area contributed by atoms with Gasteiger partial charge in [0.25, 0.3) is 0 Å². The van der Waals surface area contributed by atoms with Crippen LogP contribution in [0.4, 0.5) is 25.1 Å². The number of pyridine rings is 1. The van der Waals surface area contributed by atoms with Gasteiger partial charge in [0.05, 0.1) is 5.52 Å². The molecule has 0 saturated heterocycles. The highest BCUT2D eigenvalue weighted by Gasteiger charge is 2.31. The minimum absolute atomic E-state index is 0.00899. The summed E-state index contributed by atoms with van der Waals surface area (Å²) in [4.78, 5) is 22.0. The second kappa shape index (κ2) is 6.64. The molecule has 3 heterocycles. The number of fused-ring (bicyclic) bond motifs is 1. The van der Waals surface area contributed by atoms with Crippen molar-refractivity contribution in [3.63, 3.8) is 0 Å². The number of nitrogens with zero attached hydrogens (tertiary/aromatic N) is 4. The number of nitrogens with one attached hydrogen (secondary N) is 2. The number of aldehydes is 1. The first-order valence-corrected chi connectivity index (χ1v) is 7.68. The van der Waals surface area contributed by atoms with E-state index in [-0.39, 0.29) is 29.3 Å². The Balaban J connectivity index is 1.52. The highest BCUT2D eigenvalue weighted by molar-refractivity contribution is 5.92. The molecule has 0 spiro atoms. The van der Waals surface area contributed by atoms with E-state index in [1.165, 1.54) is 18.3 Å². The van der Waals surface area contributed by atoms with Crippen LogP contribution in [0.2, 0.25) is 0 Å². The Morgan fingerprint density at radius 3 is 2.64 bits per heavy atom. The Kier molecular flexibility index (Phi) is 4.14. The Hall–Kier alpha value is -3.96. The fourth-order valence-corrected chi connectivity index (χ4v) is 2.39. The second-order valence-electron chi connectivity index (χ2n) is 5.41. The van der Waals surface area contributed by atoms with E-state index in [0.29, 0.717) is 22.9 Å². The molecule has 0 aliphatic heterocycles. The summed E-state index contributed by atoms with van der Waals surface area (Å²) in [7, 11) is 0. The number of H-pyrrole nitrogens is 1. The predicted octanol–water partition coefficient (Wildman–Crippen LogP) is 3.46.